The Morgan fingerprint density at radius 3 is 2.52 bits per heavy atom. The molecular formula is C21H26N2O3S. The van der Waals surface area contributed by atoms with Crippen LogP contribution in [0.1, 0.15) is 36.5 Å². The SMILES string of the molecule is CCc1cccc(C)c1NC(=O)[C@@H]1CCCN1S(=O)(=O)c1ccc(C)cc1. The number of aryl methyl sites for hydroxylation is 3. The van der Waals surface area contributed by atoms with Crippen LogP contribution >= 0.6 is 0 Å². The van der Waals surface area contributed by atoms with E-state index in [-0.39, 0.29) is 10.8 Å². The number of para-hydroxylation sites is 1. The number of sulfonamides is 1. The minimum absolute atomic E-state index is 0.234. The molecule has 2 aromatic carbocycles. The Morgan fingerprint density at radius 2 is 1.85 bits per heavy atom. The summed E-state index contributed by atoms with van der Waals surface area (Å²) in [4.78, 5) is 13.2. The Morgan fingerprint density at radius 1 is 1.15 bits per heavy atom. The third kappa shape index (κ3) is 3.92. The highest BCUT2D eigenvalue weighted by Crippen LogP contribution is 2.28. The lowest BCUT2D eigenvalue weighted by Crippen LogP contribution is -2.43. The van der Waals surface area contributed by atoms with Gasteiger partial charge in [0.2, 0.25) is 15.9 Å². The summed E-state index contributed by atoms with van der Waals surface area (Å²) in [5.41, 5.74) is 3.82. The number of anilines is 1. The van der Waals surface area contributed by atoms with Gasteiger partial charge in [-0.1, -0.05) is 42.8 Å². The standard InChI is InChI=1S/C21H26N2O3S/c1-4-17-8-5-7-16(3)20(17)22-21(24)19-9-6-14-23(19)27(25,26)18-12-10-15(2)11-13-18/h5,7-8,10-13,19H,4,6,9,14H2,1-3H3,(H,22,24)/t19-/m0/s1. The van der Waals surface area contributed by atoms with Gasteiger partial charge in [0.25, 0.3) is 0 Å². The van der Waals surface area contributed by atoms with E-state index in [1.165, 1.54) is 4.31 Å². The Kier molecular flexibility index (Phi) is 5.67. The molecule has 1 atom stereocenters. The summed E-state index contributed by atoms with van der Waals surface area (Å²) >= 11 is 0. The smallest absolute Gasteiger partial charge is 0.243 e. The molecule has 1 fully saturated rings. The highest BCUT2D eigenvalue weighted by atomic mass is 32.2. The molecule has 0 aromatic heterocycles. The van der Waals surface area contributed by atoms with Crippen LogP contribution in [0.25, 0.3) is 0 Å². The van der Waals surface area contributed by atoms with Gasteiger partial charge in [0.05, 0.1) is 4.90 Å². The second-order valence-corrected chi connectivity index (χ2v) is 8.93. The van der Waals surface area contributed by atoms with Crippen LogP contribution in [0.15, 0.2) is 47.4 Å². The summed E-state index contributed by atoms with van der Waals surface area (Å²) in [5.74, 6) is -0.257. The molecule has 1 saturated heterocycles. The second kappa shape index (κ2) is 7.82. The molecule has 1 amide bonds. The van der Waals surface area contributed by atoms with Crippen LogP contribution in [0, 0.1) is 13.8 Å². The molecule has 2 aromatic rings. The topological polar surface area (TPSA) is 66.5 Å². The fraction of sp³-hybridized carbons (Fsp3) is 0.381. The first-order chi connectivity index (χ1) is 12.8. The predicted molar refractivity (Wildman–Crippen MR) is 107 cm³/mol. The van der Waals surface area contributed by atoms with Crippen molar-refractivity contribution < 1.29 is 13.2 Å². The number of hydrogen-bond donors (Lipinski definition) is 1. The van der Waals surface area contributed by atoms with Crippen molar-refractivity contribution in [3.8, 4) is 0 Å². The van der Waals surface area contributed by atoms with Gasteiger partial charge >= 0.3 is 0 Å². The van der Waals surface area contributed by atoms with Crippen molar-refractivity contribution in [3.63, 3.8) is 0 Å². The number of benzene rings is 2. The summed E-state index contributed by atoms with van der Waals surface area (Å²) in [7, 11) is -3.70. The number of amides is 1. The van der Waals surface area contributed by atoms with Gasteiger partial charge in [-0.15, -0.1) is 0 Å². The molecule has 144 valence electrons. The van der Waals surface area contributed by atoms with Gasteiger partial charge in [-0.3, -0.25) is 4.79 Å². The minimum Gasteiger partial charge on any atom is -0.324 e. The van der Waals surface area contributed by atoms with Crippen molar-refractivity contribution in [2.75, 3.05) is 11.9 Å². The summed E-state index contributed by atoms with van der Waals surface area (Å²) in [6, 6.07) is 12.0. The number of carbonyl (C=O) groups is 1. The molecule has 1 aliphatic rings. The van der Waals surface area contributed by atoms with Crippen LogP contribution in [-0.4, -0.2) is 31.2 Å². The van der Waals surface area contributed by atoms with Crippen molar-refractivity contribution in [2.24, 2.45) is 0 Å². The summed E-state index contributed by atoms with van der Waals surface area (Å²) in [6.07, 6.45) is 2.01. The van der Waals surface area contributed by atoms with E-state index in [2.05, 4.69) is 5.32 Å². The molecule has 0 unspecified atom stereocenters. The Balaban J connectivity index is 1.86. The number of nitrogens with zero attached hydrogens (tertiary/aromatic N) is 1. The van der Waals surface area contributed by atoms with Gasteiger partial charge in [-0.05, 0) is 56.4 Å². The molecule has 1 aliphatic heterocycles. The van der Waals surface area contributed by atoms with Crippen molar-refractivity contribution >= 4 is 21.6 Å². The maximum Gasteiger partial charge on any atom is 0.243 e. The molecule has 0 radical (unpaired) electrons. The van der Waals surface area contributed by atoms with E-state index in [1.54, 1.807) is 24.3 Å². The van der Waals surface area contributed by atoms with Crippen LogP contribution in [0.3, 0.4) is 0 Å². The van der Waals surface area contributed by atoms with Crippen molar-refractivity contribution in [1.82, 2.24) is 4.31 Å². The first-order valence-corrected chi connectivity index (χ1v) is 10.8. The highest BCUT2D eigenvalue weighted by Gasteiger charge is 2.39. The zero-order valence-electron chi connectivity index (χ0n) is 16.0. The molecule has 0 spiro atoms. The van der Waals surface area contributed by atoms with Crippen LogP contribution in [-0.2, 0) is 21.2 Å². The third-order valence-corrected chi connectivity index (χ3v) is 7.04. The largest absolute Gasteiger partial charge is 0.324 e. The Hall–Kier alpha value is -2.18. The monoisotopic (exact) mass is 386 g/mol. The Bertz CT molecular complexity index is 936. The summed E-state index contributed by atoms with van der Waals surface area (Å²) in [5, 5.41) is 2.99. The fourth-order valence-corrected chi connectivity index (χ4v) is 5.20. The van der Waals surface area contributed by atoms with E-state index in [0.29, 0.717) is 19.4 Å². The van der Waals surface area contributed by atoms with Gasteiger partial charge in [-0.25, -0.2) is 8.42 Å². The molecule has 0 aliphatic carbocycles. The van der Waals surface area contributed by atoms with Gasteiger partial charge in [0.1, 0.15) is 6.04 Å². The van der Waals surface area contributed by atoms with Crippen molar-refractivity contribution in [3.05, 3.63) is 59.2 Å². The fourth-order valence-electron chi connectivity index (χ4n) is 3.54. The van der Waals surface area contributed by atoms with Gasteiger partial charge in [0, 0.05) is 12.2 Å². The van der Waals surface area contributed by atoms with Crippen LogP contribution in [0.4, 0.5) is 5.69 Å². The van der Waals surface area contributed by atoms with E-state index in [1.807, 2.05) is 39.0 Å². The quantitative estimate of drug-likeness (QED) is 0.853. The Labute approximate surface area is 161 Å². The molecule has 0 bridgehead atoms. The van der Waals surface area contributed by atoms with Crippen LogP contribution in [0.5, 0.6) is 0 Å². The molecular weight excluding hydrogens is 360 g/mol. The summed E-state index contributed by atoms with van der Waals surface area (Å²) < 4.78 is 27.4. The van der Waals surface area contributed by atoms with Crippen molar-refractivity contribution in [1.29, 1.82) is 0 Å². The first-order valence-electron chi connectivity index (χ1n) is 9.32. The number of nitrogens with one attached hydrogen (secondary N) is 1. The van der Waals surface area contributed by atoms with Crippen molar-refractivity contribution in [2.45, 2.75) is 51.0 Å². The highest BCUT2D eigenvalue weighted by molar-refractivity contribution is 7.89. The maximum atomic E-state index is 13.0. The van der Waals surface area contributed by atoms with E-state index in [0.717, 1.165) is 28.8 Å². The van der Waals surface area contributed by atoms with E-state index in [4.69, 9.17) is 0 Å². The average Bonchev–Trinajstić information content (AvgIpc) is 3.14. The molecule has 6 heteroatoms. The zero-order valence-corrected chi connectivity index (χ0v) is 16.8. The molecule has 3 rings (SSSR count). The number of hydrogen-bond acceptors (Lipinski definition) is 3. The van der Waals surface area contributed by atoms with E-state index in [9.17, 15) is 13.2 Å². The molecule has 27 heavy (non-hydrogen) atoms. The molecule has 0 saturated carbocycles. The second-order valence-electron chi connectivity index (χ2n) is 7.04. The molecule has 5 nitrogen and oxygen atoms in total. The predicted octanol–water partition coefficient (Wildman–Crippen LogP) is 3.66. The van der Waals surface area contributed by atoms with E-state index < -0.39 is 16.1 Å². The van der Waals surface area contributed by atoms with Gasteiger partial charge < -0.3 is 5.32 Å². The van der Waals surface area contributed by atoms with Crippen LogP contribution < -0.4 is 5.32 Å². The summed E-state index contributed by atoms with van der Waals surface area (Å²) in [6.45, 7) is 6.26. The lowest BCUT2D eigenvalue weighted by molar-refractivity contribution is -0.119. The lowest BCUT2D eigenvalue weighted by Gasteiger charge is -2.24. The number of rotatable bonds is 5. The first kappa shape index (κ1) is 19.6. The minimum atomic E-state index is -3.70. The number of carbonyl (C=O) groups excluding carboxylic acids is 1. The van der Waals surface area contributed by atoms with E-state index >= 15 is 0 Å². The molecule has 1 N–H and O–H groups in total. The van der Waals surface area contributed by atoms with Gasteiger partial charge in [0.15, 0.2) is 0 Å². The molecule has 1 heterocycles. The third-order valence-electron chi connectivity index (χ3n) is 5.12. The zero-order chi connectivity index (χ0) is 19.6. The van der Waals surface area contributed by atoms with Crippen LogP contribution in [0.2, 0.25) is 0 Å². The average molecular weight is 387 g/mol. The maximum absolute atomic E-state index is 13.0. The lowest BCUT2D eigenvalue weighted by atomic mass is 10.1. The van der Waals surface area contributed by atoms with Gasteiger partial charge in [-0.2, -0.15) is 4.31 Å². The normalized spacial score (nSPS) is 17.8.